The Balaban J connectivity index is 2.72. The second kappa shape index (κ2) is 6.61. The van der Waals surface area contributed by atoms with Gasteiger partial charge >= 0.3 is 5.97 Å². The zero-order chi connectivity index (χ0) is 14.5. The van der Waals surface area contributed by atoms with Gasteiger partial charge in [-0.3, -0.25) is 5.10 Å². The van der Waals surface area contributed by atoms with E-state index in [0.717, 1.165) is 6.07 Å². The van der Waals surface area contributed by atoms with E-state index in [1.54, 1.807) is 0 Å². The van der Waals surface area contributed by atoms with Gasteiger partial charge < -0.3 is 14.6 Å². The zero-order valence-electron chi connectivity index (χ0n) is 10.4. The fraction of sp³-hybridized carbons (Fsp3) is 0.556. The van der Waals surface area contributed by atoms with Crippen molar-refractivity contribution < 1.29 is 27.8 Å². The molecule has 1 aromatic rings. The molecule has 0 aliphatic rings. The Morgan fingerprint density at radius 1 is 1.58 bits per heavy atom. The average molecular weight is 293 g/mol. The lowest BCUT2D eigenvalue weighted by Gasteiger charge is -2.14. The summed E-state index contributed by atoms with van der Waals surface area (Å²) in [7, 11) is -0.969. The molecule has 0 aliphatic carbocycles. The van der Waals surface area contributed by atoms with E-state index in [9.17, 15) is 13.2 Å². The van der Waals surface area contributed by atoms with Crippen LogP contribution >= 0.6 is 0 Å². The van der Waals surface area contributed by atoms with Crippen molar-refractivity contribution in [2.75, 3.05) is 27.4 Å². The monoisotopic (exact) mass is 293 g/mol. The highest BCUT2D eigenvalue weighted by atomic mass is 32.2. The predicted octanol–water partition coefficient (Wildman–Crippen LogP) is -0.952. The van der Waals surface area contributed by atoms with Crippen LogP contribution in [0, 0.1) is 0 Å². The quantitative estimate of drug-likeness (QED) is 0.563. The van der Waals surface area contributed by atoms with Crippen LogP contribution in [-0.2, 0) is 19.5 Å². The normalized spacial score (nSPS) is 13.4. The number of aromatic amines is 1. The van der Waals surface area contributed by atoms with E-state index in [2.05, 4.69) is 14.9 Å². The maximum Gasteiger partial charge on any atom is 0.356 e. The molecule has 3 N–H and O–H groups in total. The summed E-state index contributed by atoms with van der Waals surface area (Å²) in [6.45, 7) is 0.219. The number of aromatic nitrogens is 2. The summed E-state index contributed by atoms with van der Waals surface area (Å²) in [6, 6.07) is 0.933. The summed E-state index contributed by atoms with van der Waals surface area (Å²) < 4.78 is 35.7. The van der Waals surface area contributed by atoms with E-state index in [0.29, 0.717) is 0 Å². The molecule has 0 amide bonds. The molecule has 0 fully saturated rings. The first-order valence-corrected chi connectivity index (χ1v) is 6.69. The molecular formula is C9H15N3O6S. The Kier molecular flexibility index (Phi) is 5.42. The number of hydrogen-bond acceptors (Lipinski definition) is 6. The van der Waals surface area contributed by atoms with Crippen molar-refractivity contribution in [2.24, 2.45) is 0 Å². The van der Waals surface area contributed by atoms with E-state index in [-0.39, 0.29) is 23.9 Å². The highest BCUT2D eigenvalue weighted by Crippen LogP contribution is 2.07. The van der Waals surface area contributed by atoms with Crippen molar-refractivity contribution in [3.63, 3.8) is 0 Å². The number of H-pyrrole nitrogens is 1. The summed E-state index contributed by atoms with van der Waals surface area (Å²) in [5.74, 6) is -1.31. The van der Waals surface area contributed by atoms with Gasteiger partial charge in [0.15, 0.2) is 10.7 Å². The third-order valence-electron chi connectivity index (χ3n) is 2.25. The second-order valence-corrected chi connectivity index (χ2v) is 5.32. The number of nitrogens with one attached hydrogen (secondary N) is 2. The minimum atomic E-state index is -3.86. The second-order valence-electron chi connectivity index (χ2n) is 3.59. The van der Waals surface area contributed by atoms with Crippen LogP contribution in [0.15, 0.2) is 11.1 Å². The molecule has 0 unspecified atom stereocenters. The number of carboxylic acid groups (broad SMARTS) is 1. The Bertz CT molecular complexity index is 526. The molecule has 0 bridgehead atoms. The van der Waals surface area contributed by atoms with Crippen molar-refractivity contribution >= 4 is 16.0 Å². The third-order valence-corrected chi connectivity index (χ3v) is 3.58. The molecule has 0 saturated carbocycles. The predicted molar refractivity (Wildman–Crippen MR) is 63.4 cm³/mol. The van der Waals surface area contributed by atoms with Crippen LogP contribution in [0.1, 0.15) is 10.5 Å². The van der Waals surface area contributed by atoms with Gasteiger partial charge in [0.2, 0.25) is 0 Å². The molecule has 1 aromatic heterocycles. The molecule has 108 valence electrons. The summed E-state index contributed by atoms with van der Waals surface area (Å²) in [5.41, 5.74) is -0.374. The summed E-state index contributed by atoms with van der Waals surface area (Å²) >= 11 is 0. The SMILES string of the molecule is COC[C@H](CNS(=O)(=O)c1cc(C(=O)O)n[nH]1)OC. The molecule has 1 atom stereocenters. The number of carbonyl (C=O) groups is 1. The molecule has 0 saturated heterocycles. The van der Waals surface area contributed by atoms with E-state index in [1.165, 1.54) is 14.2 Å². The Hall–Kier alpha value is -1.49. The average Bonchev–Trinajstić information content (AvgIpc) is 2.85. The first-order valence-electron chi connectivity index (χ1n) is 5.20. The molecule has 0 radical (unpaired) electrons. The molecule has 19 heavy (non-hydrogen) atoms. The van der Waals surface area contributed by atoms with E-state index in [4.69, 9.17) is 14.6 Å². The van der Waals surface area contributed by atoms with Gasteiger partial charge in [0.05, 0.1) is 12.7 Å². The van der Waals surface area contributed by atoms with Crippen LogP contribution < -0.4 is 4.72 Å². The molecule has 10 heteroatoms. The molecule has 0 spiro atoms. The molecule has 1 rings (SSSR count). The van der Waals surface area contributed by atoms with Crippen LogP contribution in [0.4, 0.5) is 0 Å². The number of aromatic carboxylic acids is 1. The lowest BCUT2D eigenvalue weighted by atomic mass is 10.4. The minimum absolute atomic E-state index is 0.00586. The molecule has 0 aromatic carbocycles. The fourth-order valence-corrected chi connectivity index (χ4v) is 2.22. The minimum Gasteiger partial charge on any atom is -0.476 e. The van der Waals surface area contributed by atoms with E-state index in [1.807, 2.05) is 0 Å². The molecular weight excluding hydrogens is 278 g/mol. The highest BCUT2D eigenvalue weighted by molar-refractivity contribution is 7.89. The van der Waals surface area contributed by atoms with Crippen LogP contribution in [0.2, 0.25) is 0 Å². The molecule has 0 aliphatic heterocycles. The summed E-state index contributed by atoms with van der Waals surface area (Å²) in [4.78, 5) is 10.6. The standard InChI is InChI=1S/C9H15N3O6S/c1-17-5-6(18-2)4-10-19(15,16)8-3-7(9(13)14)11-12-8/h3,6,10H,4-5H2,1-2H3,(H,11,12)(H,13,14)/t6-/m0/s1. The maximum atomic E-state index is 11.8. The van der Waals surface area contributed by atoms with Gasteiger partial charge in [0.1, 0.15) is 0 Å². The third kappa shape index (κ3) is 4.28. The van der Waals surface area contributed by atoms with Crippen LogP contribution in [-0.4, -0.2) is 63.2 Å². The number of ether oxygens (including phenoxy) is 2. The first kappa shape index (κ1) is 15.6. The lowest BCUT2D eigenvalue weighted by molar-refractivity contribution is 0.0320. The highest BCUT2D eigenvalue weighted by Gasteiger charge is 2.21. The first-order chi connectivity index (χ1) is 8.90. The Morgan fingerprint density at radius 2 is 2.26 bits per heavy atom. The zero-order valence-corrected chi connectivity index (χ0v) is 11.2. The van der Waals surface area contributed by atoms with Crippen molar-refractivity contribution in [3.05, 3.63) is 11.8 Å². The number of sulfonamides is 1. The summed E-state index contributed by atoms with van der Waals surface area (Å²) in [5, 5.41) is 13.8. The van der Waals surface area contributed by atoms with Crippen molar-refractivity contribution in [1.82, 2.24) is 14.9 Å². The summed E-state index contributed by atoms with van der Waals surface area (Å²) in [6.07, 6.45) is -0.443. The van der Waals surface area contributed by atoms with E-state index >= 15 is 0 Å². The van der Waals surface area contributed by atoms with Crippen LogP contribution in [0.3, 0.4) is 0 Å². The van der Waals surface area contributed by atoms with Gasteiger partial charge in [-0.25, -0.2) is 17.9 Å². The van der Waals surface area contributed by atoms with Gasteiger partial charge in [-0.15, -0.1) is 0 Å². The van der Waals surface area contributed by atoms with Crippen LogP contribution in [0.25, 0.3) is 0 Å². The topological polar surface area (TPSA) is 131 Å². The Morgan fingerprint density at radius 3 is 2.74 bits per heavy atom. The fourth-order valence-electron chi connectivity index (χ4n) is 1.23. The van der Waals surface area contributed by atoms with Crippen molar-refractivity contribution in [3.8, 4) is 0 Å². The molecule has 9 nitrogen and oxygen atoms in total. The van der Waals surface area contributed by atoms with Crippen molar-refractivity contribution in [2.45, 2.75) is 11.1 Å². The van der Waals surface area contributed by atoms with Crippen molar-refractivity contribution in [1.29, 1.82) is 0 Å². The van der Waals surface area contributed by atoms with Gasteiger partial charge in [-0.2, -0.15) is 5.10 Å². The number of rotatable bonds is 8. The van der Waals surface area contributed by atoms with Gasteiger partial charge in [0.25, 0.3) is 10.0 Å². The lowest BCUT2D eigenvalue weighted by Crippen LogP contribution is -2.35. The number of methoxy groups -OCH3 is 2. The number of carboxylic acids is 1. The van der Waals surface area contributed by atoms with Gasteiger partial charge in [-0.05, 0) is 0 Å². The number of nitrogens with zero attached hydrogens (tertiary/aromatic N) is 1. The van der Waals surface area contributed by atoms with E-state index < -0.39 is 22.1 Å². The smallest absolute Gasteiger partial charge is 0.356 e. The van der Waals surface area contributed by atoms with Crippen LogP contribution in [0.5, 0.6) is 0 Å². The van der Waals surface area contributed by atoms with Gasteiger partial charge in [-0.1, -0.05) is 0 Å². The molecule has 1 heterocycles. The maximum absolute atomic E-state index is 11.8. The van der Waals surface area contributed by atoms with Gasteiger partial charge in [0, 0.05) is 26.8 Å². The number of hydrogen-bond donors (Lipinski definition) is 3. The largest absolute Gasteiger partial charge is 0.476 e. The Labute approximate surface area is 110 Å².